The Hall–Kier alpha value is -2.08. The highest BCUT2D eigenvalue weighted by atomic mass is 16.3. The van der Waals surface area contributed by atoms with Gasteiger partial charge in [0.15, 0.2) is 0 Å². The molecule has 0 spiro atoms. The fourth-order valence-corrected chi connectivity index (χ4v) is 1.29. The Kier molecular flexibility index (Phi) is 4.06. The topological polar surface area (TPSA) is 118 Å². The van der Waals surface area contributed by atoms with E-state index in [4.69, 9.17) is 11.5 Å². The molecule has 0 radical (unpaired) electrons. The van der Waals surface area contributed by atoms with Gasteiger partial charge < -0.3 is 21.9 Å². The van der Waals surface area contributed by atoms with Crippen molar-refractivity contribution in [3.63, 3.8) is 0 Å². The molecule has 6 heteroatoms. The number of hydrogen-bond acceptors (Lipinski definition) is 4. The van der Waals surface area contributed by atoms with Gasteiger partial charge in [-0.3, -0.25) is 9.59 Å². The van der Waals surface area contributed by atoms with E-state index in [1.807, 2.05) is 0 Å². The van der Waals surface area contributed by atoms with Crippen molar-refractivity contribution in [1.82, 2.24) is 5.32 Å². The highest BCUT2D eigenvalue weighted by molar-refractivity contribution is 5.97. The molecule has 17 heavy (non-hydrogen) atoms. The van der Waals surface area contributed by atoms with E-state index in [-0.39, 0.29) is 0 Å². The van der Waals surface area contributed by atoms with Crippen LogP contribution < -0.4 is 16.8 Å². The highest BCUT2D eigenvalue weighted by Gasteiger charge is 2.23. The molecule has 2 unspecified atom stereocenters. The van der Waals surface area contributed by atoms with Gasteiger partial charge >= 0.3 is 0 Å². The predicted molar refractivity (Wildman–Crippen MR) is 63.0 cm³/mol. The molecular weight excluding hydrogens is 222 g/mol. The minimum absolute atomic E-state index is 0.339. The maximum absolute atomic E-state index is 11.7. The first-order valence-electron chi connectivity index (χ1n) is 5.05. The van der Waals surface area contributed by atoms with Gasteiger partial charge in [0.1, 0.15) is 6.04 Å². The van der Waals surface area contributed by atoms with E-state index in [1.54, 1.807) is 12.1 Å². The normalized spacial score (nSPS) is 13.8. The van der Waals surface area contributed by atoms with Crippen LogP contribution >= 0.6 is 0 Å². The largest absolute Gasteiger partial charge is 0.399 e. The summed E-state index contributed by atoms with van der Waals surface area (Å²) in [5.41, 5.74) is 11.4. The summed E-state index contributed by atoms with van der Waals surface area (Å²) in [5.74, 6) is -1.28. The van der Waals surface area contributed by atoms with Crippen LogP contribution in [0.25, 0.3) is 0 Å². The summed E-state index contributed by atoms with van der Waals surface area (Å²) in [6.45, 7) is 1.37. The summed E-state index contributed by atoms with van der Waals surface area (Å²) >= 11 is 0. The summed E-state index contributed by atoms with van der Waals surface area (Å²) in [4.78, 5) is 22.7. The van der Waals surface area contributed by atoms with Gasteiger partial charge in [-0.15, -0.1) is 0 Å². The van der Waals surface area contributed by atoms with Gasteiger partial charge in [-0.25, -0.2) is 0 Å². The number of amides is 2. The third-order valence-corrected chi connectivity index (χ3v) is 2.25. The van der Waals surface area contributed by atoms with Crippen molar-refractivity contribution in [3.05, 3.63) is 29.8 Å². The second kappa shape index (κ2) is 5.31. The van der Waals surface area contributed by atoms with E-state index in [9.17, 15) is 14.7 Å². The molecule has 0 bridgehead atoms. The first-order valence-corrected chi connectivity index (χ1v) is 5.05. The maximum Gasteiger partial charge on any atom is 0.252 e. The van der Waals surface area contributed by atoms with Crippen molar-refractivity contribution in [2.24, 2.45) is 5.73 Å². The Morgan fingerprint density at radius 3 is 2.24 bits per heavy atom. The molecule has 92 valence electrons. The van der Waals surface area contributed by atoms with Crippen LogP contribution in [-0.4, -0.2) is 29.1 Å². The van der Waals surface area contributed by atoms with Crippen molar-refractivity contribution in [2.45, 2.75) is 19.1 Å². The maximum atomic E-state index is 11.7. The standard InChI is InChI=1S/C11H15N3O3/c1-6(15)9(10(13)16)14-11(17)7-2-4-8(12)5-3-7/h2-6,9,15H,12H2,1H3,(H2,13,16)(H,14,17). The number of nitrogens with two attached hydrogens (primary N) is 2. The van der Waals surface area contributed by atoms with Gasteiger partial charge in [-0.2, -0.15) is 0 Å². The molecular formula is C11H15N3O3. The van der Waals surface area contributed by atoms with Crippen molar-refractivity contribution < 1.29 is 14.7 Å². The van der Waals surface area contributed by atoms with Crippen LogP contribution in [0.3, 0.4) is 0 Å². The number of nitrogen functional groups attached to an aromatic ring is 1. The lowest BCUT2D eigenvalue weighted by molar-refractivity contribution is -0.122. The highest BCUT2D eigenvalue weighted by Crippen LogP contribution is 2.06. The molecule has 2 atom stereocenters. The molecule has 0 aliphatic rings. The van der Waals surface area contributed by atoms with Crippen molar-refractivity contribution in [1.29, 1.82) is 0 Å². The SMILES string of the molecule is CC(O)C(NC(=O)c1ccc(N)cc1)C(N)=O. The average molecular weight is 237 g/mol. The van der Waals surface area contributed by atoms with Gasteiger partial charge in [0.25, 0.3) is 5.91 Å². The molecule has 0 aromatic heterocycles. The van der Waals surface area contributed by atoms with E-state index in [0.717, 1.165) is 0 Å². The molecule has 2 amide bonds. The Balaban J connectivity index is 2.77. The van der Waals surface area contributed by atoms with Crippen LogP contribution in [0.1, 0.15) is 17.3 Å². The first kappa shape index (κ1) is 13.0. The van der Waals surface area contributed by atoms with E-state index < -0.39 is 24.0 Å². The predicted octanol–water partition coefficient (Wildman–Crippen LogP) is -0.767. The van der Waals surface area contributed by atoms with Gasteiger partial charge in [-0.1, -0.05) is 0 Å². The van der Waals surface area contributed by atoms with Gasteiger partial charge in [0.05, 0.1) is 6.10 Å². The number of carbonyl (C=O) groups is 2. The van der Waals surface area contributed by atoms with E-state index in [0.29, 0.717) is 11.3 Å². The van der Waals surface area contributed by atoms with Crippen LogP contribution in [-0.2, 0) is 4.79 Å². The zero-order valence-electron chi connectivity index (χ0n) is 9.38. The quantitative estimate of drug-likeness (QED) is 0.514. The van der Waals surface area contributed by atoms with Crippen LogP contribution in [0.15, 0.2) is 24.3 Å². The molecule has 0 heterocycles. The fourth-order valence-electron chi connectivity index (χ4n) is 1.29. The molecule has 0 saturated carbocycles. The third-order valence-electron chi connectivity index (χ3n) is 2.25. The zero-order valence-corrected chi connectivity index (χ0v) is 9.38. The Morgan fingerprint density at radius 2 is 1.82 bits per heavy atom. The van der Waals surface area contributed by atoms with Gasteiger partial charge in [0, 0.05) is 11.3 Å². The minimum Gasteiger partial charge on any atom is -0.399 e. The van der Waals surface area contributed by atoms with E-state index >= 15 is 0 Å². The number of primary amides is 1. The molecule has 6 N–H and O–H groups in total. The van der Waals surface area contributed by atoms with Gasteiger partial charge in [-0.05, 0) is 31.2 Å². The molecule has 0 aliphatic heterocycles. The number of aliphatic hydroxyl groups is 1. The van der Waals surface area contributed by atoms with Crippen molar-refractivity contribution in [3.8, 4) is 0 Å². The lowest BCUT2D eigenvalue weighted by Crippen LogP contribution is -2.50. The number of aliphatic hydroxyl groups excluding tert-OH is 1. The Labute approximate surface area is 98.6 Å². The Bertz CT molecular complexity index is 414. The van der Waals surface area contributed by atoms with E-state index in [1.165, 1.54) is 19.1 Å². The van der Waals surface area contributed by atoms with Crippen LogP contribution in [0.2, 0.25) is 0 Å². The summed E-state index contributed by atoms with van der Waals surface area (Å²) in [6.07, 6.45) is -1.05. The van der Waals surface area contributed by atoms with Crippen molar-refractivity contribution >= 4 is 17.5 Å². The number of hydrogen-bond donors (Lipinski definition) is 4. The first-order chi connectivity index (χ1) is 7.91. The smallest absolute Gasteiger partial charge is 0.252 e. The minimum atomic E-state index is -1.11. The molecule has 6 nitrogen and oxygen atoms in total. The molecule has 0 aliphatic carbocycles. The molecule has 1 aromatic rings. The lowest BCUT2D eigenvalue weighted by Gasteiger charge is -2.17. The molecule has 0 fully saturated rings. The monoisotopic (exact) mass is 237 g/mol. The second-order valence-electron chi connectivity index (χ2n) is 3.72. The van der Waals surface area contributed by atoms with Crippen LogP contribution in [0.5, 0.6) is 0 Å². The average Bonchev–Trinajstić information content (AvgIpc) is 2.25. The molecule has 1 rings (SSSR count). The number of benzene rings is 1. The molecule has 1 aromatic carbocycles. The Morgan fingerprint density at radius 1 is 1.29 bits per heavy atom. The van der Waals surface area contributed by atoms with E-state index in [2.05, 4.69) is 5.32 Å². The zero-order chi connectivity index (χ0) is 13.0. The second-order valence-corrected chi connectivity index (χ2v) is 3.72. The summed E-state index contributed by atoms with van der Waals surface area (Å²) < 4.78 is 0. The van der Waals surface area contributed by atoms with Crippen LogP contribution in [0, 0.1) is 0 Å². The van der Waals surface area contributed by atoms with Crippen LogP contribution in [0.4, 0.5) is 5.69 Å². The molecule has 0 saturated heterocycles. The lowest BCUT2D eigenvalue weighted by atomic mass is 10.1. The number of anilines is 1. The summed E-state index contributed by atoms with van der Waals surface area (Å²) in [5, 5.41) is 11.6. The number of carbonyl (C=O) groups excluding carboxylic acids is 2. The summed E-state index contributed by atoms with van der Waals surface area (Å²) in [6, 6.07) is 5.06. The number of rotatable bonds is 4. The number of nitrogens with one attached hydrogen (secondary N) is 1. The fraction of sp³-hybridized carbons (Fsp3) is 0.273. The third kappa shape index (κ3) is 3.46. The van der Waals surface area contributed by atoms with Gasteiger partial charge in [0.2, 0.25) is 5.91 Å². The summed E-state index contributed by atoms with van der Waals surface area (Å²) in [7, 11) is 0. The van der Waals surface area contributed by atoms with Crippen molar-refractivity contribution in [2.75, 3.05) is 5.73 Å².